The van der Waals surface area contributed by atoms with Crippen molar-refractivity contribution in [2.45, 2.75) is 39.4 Å². The molecule has 212 valence electrons. The maximum absolute atomic E-state index is 14.6. The number of aromatic nitrogens is 8. The predicted octanol–water partition coefficient (Wildman–Crippen LogP) is 3.59. The summed E-state index contributed by atoms with van der Waals surface area (Å²) in [6.07, 6.45) is 5.51. The molecule has 11 nitrogen and oxygen atoms in total. The van der Waals surface area contributed by atoms with E-state index in [-0.39, 0.29) is 34.3 Å². The van der Waals surface area contributed by atoms with Crippen LogP contribution >= 0.6 is 11.6 Å². The molecule has 3 heterocycles. The zero-order valence-electron chi connectivity index (χ0n) is 21.9. The highest BCUT2D eigenvalue weighted by molar-refractivity contribution is 6.34. The molecule has 41 heavy (non-hydrogen) atoms. The maximum atomic E-state index is 14.6. The largest absolute Gasteiger partial charge is 0.355 e. The van der Waals surface area contributed by atoms with Gasteiger partial charge < -0.3 is 5.32 Å². The van der Waals surface area contributed by atoms with E-state index in [1.807, 2.05) is 10.9 Å². The van der Waals surface area contributed by atoms with E-state index in [4.69, 9.17) is 11.6 Å². The van der Waals surface area contributed by atoms with E-state index in [0.717, 1.165) is 33.9 Å². The topological polar surface area (TPSA) is 117 Å². The van der Waals surface area contributed by atoms with Gasteiger partial charge in [0.2, 0.25) is 5.95 Å². The second-order valence-corrected chi connectivity index (χ2v) is 10.9. The Labute approximate surface area is 234 Å². The Morgan fingerprint density at radius 2 is 1.76 bits per heavy atom. The summed E-state index contributed by atoms with van der Waals surface area (Å²) in [5.41, 5.74) is -1.02. The van der Waals surface area contributed by atoms with Crippen LogP contribution in [0, 0.1) is 22.9 Å². The number of hydrogen-bond donors (Lipinski definition) is 1. The number of halogens is 4. The molecule has 0 aliphatic heterocycles. The summed E-state index contributed by atoms with van der Waals surface area (Å²) >= 11 is 6.52. The molecule has 1 N–H and O–H groups in total. The van der Waals surface area contributed by atoms with Crippen LogP contribution in [-0.2, 0) is 26.7 Å². The Balaban J connectivity index is 1.42. The number of nitrogens with one attached hydrogen (secondary N) is 1. The number of hydrogen-bond acceptors (Lipinski definition) is 7. The van der Waals surface area contributed by atoms with Crippen LogP contribution in [0.4, 0.5) is 24.8 Å². The van der Waals surface area contributed by atoms with E-state index in [0.29, 0.717) is 23.3 Å². The van der Waals surface area contributed by atoms with E-state index in [1.165, 1.54) is 11.0 Å². The lowest BCUT2D eigenvalue weighted by molar-refractivity contribution is 0.435. The molecule has 1 saturated carbocycles. The van der Waals surface area contributed by atoms with Gasteiger partial charge in [0.1, 0.15) is 12.1 Å². The maximum Gasteiger partial charge on any atom is 0.355 e. The van der Waals surface area contributed by atoms with Gasteiger partial charge in [-0.1, -0.05) is 18.5 Å². The molecule has 0 spiro atoms. The lowest BCUT2D eigenvalue weighted by atomic mass is 10.1. The number of anilines is 2. The summed E-state index contributed by atoms with van der Waals surface area (Å²) in [5, 5.41) is 12.5. The molecule has 3 aromatic heterocycles. The second-order valence-electron chi connectivity index (χ2n) is 10.5. The first kappa shape index (κ1) is 26.7. The Hall–Kier alpha value is -4.46. The summed E-state index contributed by atoms with van der Waals surface area (Å²) in [7, 11) is 1.62. The zero-order chi connectivity index (χ0) is 29.1. The van der Waals surface area contributed by atoms with Gasteiger partial charge in [-0.3, -0.25) is 13.9 Å². The Kier molecular flexibility index (Phi) is 6.44. The molecule has 1 aliphatic rings. The van der Waals surface area contributed by atoms with Crippen LogP contribution in [0.15, 0.2) is 46.4 Å². The third kappa shape index (κ3) is 5.34. The van der Waals surface area contributed by atoms with Gasteiger partial charge in [0.25, 0.3) is 0 Å². The average Bonchev–Trinajstić information content (AvgIpc) is 3.28. The van der Waals surface area contributed by atoms with Gasteiger partial charge in [0.15, 0.2) is 17.5 Å². The number of nitrogens with zero attached hydrogens (tertiary/aromatic N) is 8. The average molecular weight is 586 g/mol. The second kappa shape index (κ2) is 9.87. The highest BCUT2D eigenvalue weighted by Gasteiger charge is 2.37. The molecule has 0 unspecified atom stereocenters. The fourth-order valence-electron chi connectivity index (χ4n) is 4.51. The number of fused-ring (bicyclic) bond motifs is 1. The monoisotopic (exact) mass is 585 g/mol. The van der Waals surface area contributed by atoms with Crippen LogP contribution in [-0.4, -0.2) is 38.7 Å². The van der Waals surface area contributed by atoms with Crippen molar-refractivity contribution >= 4 is 34.1 Å². The minimum absolute atomic E-state index is 0.158. The number of aryl methyl sites for hydroxylation is 1. The first-order chi connectivity index (χ1) is 19.5. The van der Waals surface area contributed by atoms with Crippen molar-refractivity contribution in [2.75, 3.05) is 5.32 Å². The molecule has 2 aromatic carbocycles. The number of rotatable bonds is 8. The predicted molar refractivity (Wildman–Crippen MR) is 144 cm³/mol. The molecule has 0 atom stereocenters. The van der Waals surface area contributed by atoms with Gasteiger partial charge in [0.05, 0.1) is 29.3 Å². The quantitative estimate of drug-likeness (QED) is 0.277. The normalized spacial score (nSPS) is 14.1. The minimum atomic E-state index is -1.38. The van der Waals surface area contributed by atoms with Crippen LogP contribution in [0.25, 0.3) is 10.9 Å². The summed E-state index contributed by atoms with van der Waals surface area (Å²) in [4.78, 5) is 34.6. The first-order valence-electron chi connectivity index (χ1n) is 12.6. The van der Waals surface area contributed by atoms with E-state index >= 15 is 0 Å². The molecule has 0 saturated heterocycles. The highest BCUT2D eigenvalue weighted by Crippen LogP contribution is 2.46. The Morgan fingerprint density at radius 1 is 1.00 bits per heavy atom. The van der Waals surface area contributed by atoms with E-state index in [2.05, 4.69) is 32.4 Å². The Bertz CT molecular complexity index is 1940. The molecule has 6 rings (SSSR count). The minimum Gasteiger partial charge on any atom is -0.324 e. The van der Waals surface area contributed by atoms with Crippen molar-refractivity contribution < 1.29 is 13.2 Å². The summed E-state index contributed by atoms with van der Waals surface area (Å²) < 4.78 is 47.1. The molecule has 0 amide bonds. The molecule has 1 fully saturated rings. The molecule has 1 aliphatic carbocycles. The van der Waals surface area contributed by atoms with Crippen molar-refractivity contribution in [2.24, 2.45) is 12.5 Å². The third-order valence-electron chi connectivity index (χ3n) is 7.05. The van der Waals surface area contributed by atoms with Crippen LogP contribution in [0.3, 0.4) is 0 Å². The Morgan fingerprint density at radius 3 is 2.46 bits per heavy atom. The van der Waals surface area contributed by atoms with E-state index in [1.54, 1.807) is 19.2 Å². The fraction of sp³-hybridized carbons (Fsp3) is 0.308. The highest BCUT2D eigenvalue weighted by atomic mass is 35.5. The molecule has 5 aromatic rings. The third-order valence-corrected chi connectivity index (χ3v) is 7.36. The lowest BCUT2D eigenvalue weighted by Crippen LogP contribution is -2.43. The molecular weight excluding hydrogens is 563 g/mol. The lowest BCUT2D eigenvalue weighted by Gasteiger charge is -2.16. The van der Waals surface area contributed by atoms with Crippen LogP contribution < -0.4 is 16.7 Å². The van der Waals surface area contributed by atoms with E-state index < -0.39 is 35.4 Å². The SMILES string of the molecule is Cn1cnc(Cn2c(=O)nc(Nc3cc4cn(CC5(C)CC5)nc4cc3Cl)n(Cc3cc(F)c(F)cc3F)c2=O)n1. The molecule has 15 heteroatoms. The van der Waals surface area contributed by atoms with Crippen LogP contribution in [0.5, 0.6) is 0 Å². The summed E-state index contributed by atoms with van der Waals surface area (Å²) in [6, 6.07) is 4.35. The molecule has 0 radical (unpaired) electrons. The van der Waals surface area contributed by atoms with Crippen molar-refractivity contribution in [3.8, 4) is 0 Å². The van der Waals surface area contributed by atoms with Crippen molar-refractivity contribution in [3.05, 3.63) is 91.6 Å². The van der Waals surface area contributed by atoms with Crippen LogP contribution in [0.1, 0.15) is 31.2 Å². The van der Waals surface area contributed by atoms with E-state index in [9.17, 15) is 22.8 Å². The number of benzene rings is 2. The molecular formula is C26H23ClF3N9O2. The van der Waals surface area contributed by atoms with Gasteiger partial charge in [-0.15, -0.1) is 0 Å². The van der Waals surface area contributed by atoms with Gasteiger partial charge in [-0.05, 0) is 36.5 Å². The van der Waals surface area contributed by atoms with Gasteiger partial charge >= 0.3 is 11.4 Å². The van der Waals surface area contributed by atoms with Crippen molar-refractivity contribution in [1.82, 2.24) is 38.7 Å². The first-order valence-corrected chi connectivity index (χ1v) is 13.0. The smallest absolute Gasteiger partial charge is 0.324 e. The summed E-state index contributed by atoms with van der Waals surface area (Å²) in [6.45, 7) is 2.04. The van der Waals surface area contributed by atoms with Crippen molar-refractivity contribution in [1.29, 1.82) is 0 Å². The molecule has 0 bridgehead atoms. The van der Waals surface area contributed by atoms with Crippen molar-refractivity contribution in [3.63, 3.8) is 0 Å². The van der Waals surface area contributed by atoms with Gasteiger partial charge in [-0.2, -0.15) is 15.2 Å². The van der Waals surface area contributed by atoms with Gasteiger partial charge in [0, 0.05) is 36.8 Å². The fourth-order valence-corrected chi connectivity index (χ4v) is 4.72. The zero-order valence-corrected chi connectivity index (χ0v) is 22.7. The van der Waals surface area contributed by atoms with Crippen LogP contribution in [0.2, 0.25) is 5.02 Å². The van der Waals surface area contributed by atoms with Gasteiger partial charge in [-0.25, -0.2) is 32.3 Å². The summed E-state index contributed by atoms with van der Waals surface area (Å²) in [5.74, 6) is -3.88. The standard InChI is InChI=1S/C26H23ClF3N9O2/c1-26(3-4-26)12-37-9-15-6-21(16(27)7-20(15)34-37)32-23-33-24(40)39(11-22-31-13-36(2)35-22)25(41)38(23)10-14-5-18(29)19(30)8-17(14)28/h5-9,13H,3-4,10-12H2,1-2H3,(H,32,33,40).